The highest BCUT2D eigenvalue weighted by molar-refractivity contribution is 6.24. The van der Waals surface area contributed by atoms with Gasteiger partial charge in [0.05, 0.1) is 11.0 Å². The van der Waals surface area contributed by atoms with E-state index >= 15 is 0 Å². The monoisotopic (exact) mass is 611 g/mol. The Morgan fingerprint density at radius 3 is 1.73 bits per heavy atom. The van der Waals surface area contributed by atoms with Crippen molar-refractivity contribution in [2.75, 3.05) is 0 Å². The van der Waals surface area contributed by atoms with E-state index < -0.39 is 0 Å². The van der Waals surface area contributed by atoms with E-state index in [4.69, 9.17) is 0 Å². The number of fused-ring (bicyclic) bond motifs is 7. The molecular weight excluding hydrogens is 579 g/mol. The van der Waals surface area contributed by atoms with E-state index in [0.29, 0.717) is 0 Å². The first-order valence-electron chi connectivity index (χ1n) is 16.6. The molecule has 8 aromatic carbocycles. The standard InChI is InChI=1S/C47H33N/c1-3-15-36-31(4-2)26-28-42-46(36)47-37-21-9-8-16-32(37)27-29-43(47)48(42)35-20-14-19-34(30-35)45-40-24-12-10-22-38(40)44(33-17-6-5-7-18-33)39-23-11-13-25-41(39)45/h3-30H,2H2,1H3/b15-3-. The summed E-state index contributed by atoms with van der Waals surface area (Å²) in [5.74, 6) is 0. The summed E-state index contributed by atoms with van der Waals surface area (Å²) in [6, 6.07) is 55.4. The minimum atomic E-state index is 1.14. The van der Waals surface area contributed by atoms with Crippen molar-refractivity contribution < 1.29 is 0 Å². The van der Waals surface area contributed by atoms with Crippen molar-refractivity contribution >= 4 is 66.3 Å². The van der Waals surface area contributed by atoms with Crippen LogP contribution in [0.1, 0.15) is 18.1 Å². The van der Waals surface area contributed by atoms with Crippen LogP contribution in [-0.2, 0) is 0 Å². The third-order valence-electron chi connectivity index (χ3n) is 9.84. The highest BCUT2D eigenvalue weighted by atomic mass is 15.0. The Balaban J connectivity index is 1.38. The molecule has 0 saturated heterocycles. The second-order valence-electron chi connectivity index (χ2n) is 12.4. The van der Waals surface area contributed by atoms with Gasteiger partial charge in [-0.15, -0.1) is 0 Å². The summed E-state index contributed by atoms with van der Waals surface area (Å²) in [6.45, 7) is 6.26. The average Bonchev–Trinajstić information content (AvgIpc) is 3.49. The molecule has 0 aliphatic carbocycles. The fourth-order valence-electron chi connectivity index (χ4n) is 7.87. The molecule has 0 amide bonds. The van der Waals surface area contributed by atoms with Crippen molar-refractivity contribution in [3.05, 3.63) is 175 Å². The molecule has 0 unspecified atom stereocenters. The third kappa shape index (κ3) is 4.18. The van der Waals surface area contributed by atoms with Gasteiger partial charge in [-0.2, -0.15) is 0 Å². The average molecular weight is 612 g/mol. The Kier molecular flexibility index (Phi) is 6.59. The molecule has 9 rings (SSSR count). The van der Waals surface area contributed by atoms with Crippen LogP contribution in [-0.4, -0.2) is 4.57 Å². The number of aromatic nitrogens is 1. The number of nitrogens with zero attached hydrogens (tertiary/aromatic N) is 1. The maximum atomic E-state index is 4.17. The molecule has 0 atom stereocenters. The summed E-state index contributed by atoms with van der Waals surface area (Å²) in [7, 11) is 0. The van der Waals surface area contributed by atoms with Crippen LogP contribution in [0.4, 0.5) is 0 Å². The van der Waals surface area contributed by atoms with Crippen LogP contribution in [0.3, 0.4) is 0 Å². The number of rotatable bonds is 5. The molecule has 0 radical (unpaired) electrons. The summed E-state index contributed by atoms with van der Waals surface area (Å²) in [4.78, 5) is 0. The van der Waals surface area contributed by atoms with Gasteiger partial charge in [-0.05, 0) is 96.9 Å². The van der Waals surface area contributed by atoms with E-state index in [2.05, 4.69) is 182 Å². The van der Waals surface area contributed by atoms with E-state index in [0.717, 1.165) is 11.3 Å². The minimum absolute atomic E-state index is 1.14. The van der Waals surface area contributed by atoms with Gasteiger partial charge in [-0.1, -0.05) is 152 Å². The molecule has 1 nitrogen and oxygen atoms in total. The molecule has 1 heteroatoms. The molecule has 0 N–H and O–H groups in total. The summed E-state index contributed by atoms with van der Waals surface area (Å²) in [6.07, 6.45) is 6.33. The van der Waals surface area contributed by atoms with E-state index in [1.54, 1.807) is 0 Å². The molecule has 226 valence electrons. The third-order valence-corrected chi connectivity index (χ3v) is 9.84. The van der Waals surface area contributed by atoms with Crippen molar-refractivity contribution in [3.8, 4) is 27.9 Å². The molecule has 48 heavy (non-hydrogen) atoms. The lowest BCUT2D eigenvalue weighted by Gasteiger charge is -2.18. The van der Waals surface area contributed by atoms with Crippen LogP contribution in [0.2, 0.25) is 0 Å². The van der Waals surface area contributed by atoms with Crippen molar-refractivity contribution in [3.63, 3.8) is 0 Å². The molecule has 0 fully saturated rings. The first kappa shape index (κ1) is 28.1. The Hall–Kier alpha value is -6.18. The summed E-state index contributed by atoms with van der Waals surface area (Å²) >= 11 is 0. The Morgan fingerprint density at radius 2 is 1.06 bits per heavy atom. The molecule has 0 spiro atoms. The van der Waals surface area contributed by atoms with E-state index in [1.807, 2.05) is 6.08 Å². The number of allylic oxidation sites excluding steroid dienone is 1. The molecule has 9 aromatic rings. The predicted octanol–water partition coefficient (Wildman–Crippen LogP) is 13.3. The molecule has 0 saturated carbocycles. The van der Waals surface area contributed by atoms with Crippen molar-refractivity contribution in [2.45, 2.75) is 6.92 Å². The fraction of sp³-hybridized carbons (Fsp3) is 0.0213. The maximum Gasteiger partial charge on any atom is 0.0547 e. The Labute approximate surface area is 280 Å². The molecule has 0 aliphatic rings. The highest BCUT2D eigenvalue weighted by Gasteiger charge is 2.20. The van der Waals surface area contributed by atoms with Crippen molar-refractivity contribution in [2.24, 2.45) is 0 Å². The van der Waals surface area contributed by atoms with Crippen molar-refractivity contribution in [1.29, 1.82) is 0 Å². The first-order chi connectivity index (χ1) is 23.8. The second kappa shape index (κ2) is 11.3. The van der Waals surface area contributed by atoms with Crippen molar-refractivity contribution in [1.82, 2.24) is 4.57 Å². The lowest BCUT2D eigenvalue weighted by molar-refractivity contribution is 1.18. The topological polar surface area (TPSA) is 4.93 Å². The lowest BCUT2D eigenvalue weighted by Crippen LogP contribution is -1.96. The van der Waals surface area contributed by atoms with Crippen LogP contribution in [0, 0.1) is 0 Å². The lowest BCUT2D eigenvalue weighted by atomic mass is 9.86. The molecule has 0 aliphatic heterocycles. The van der Waals surface area contributed by atoms with E-state index in [-0.39, 0.29) is 0 Å². The maximum absolute atomic E-state index is 4.17. The largest absolute Gasteiger partial charge is 0.309 e. The molecule has 1 aromatic heterocycles. The predicted molar refractivity (Wildman–Crippen MR) is 209 cm³/mol. The number of hydrogen-bond donors (Lipinski definition) is 0. The highest BCUT2D eigenvalue weighted by Crippen LogP contribution is 2.45. The Morgan fingerprint density at radius 1 is 0.500 bits per heavy atom. The van der Waals surface area contributed by atoms with Gasteiger partial charge in [0.2, 0.25) is 0 Å². The number of benzene rings is 8. The smallest absolute Gasteiger partial charge is 0.0547 e. The van der Waals surface area contributed by atoms with Gasteiger partial charge in [0.25, 0.3) is 0 Å². The zero-order valence-corrected chi connectivity index (χ0v) is 26.8. The van der Waals surface area contributed by atoms with Gasteiger partial charge in [-0.25, -0.2) is 0 Å². The van der Waals surface area contributed by atoms with Gasteiger partial charge in [0, 0.05) is 16.5 Å². The van der Waals surface area contributed by atoms with Gasteiger partial charge in [-0.3, -0.25) is 0 Å². The number of hydrogen-bond acceptors (Lipinski definition) is 0. The Bertz CT molecular complexity index is 2680. The quantitative estimate of drug-likeness (QED) is 0.171. The minimum Gasteiger partial charge on any atom is -0.309 e. The first-order valence-corrected chi connectivity index (χ1v) is 16.6. The zero-order chi connectivity index (χ0) is 32.2. The fourth-order valence-corrected chi connectivity index (χ4v) is 7.87. The van der Waals surface area contributed by atoms with Crippen LogP contribution >= 0.6 is 0 Å². The van der Waals surface area contributed by atoms with Gasteiger partial charge in [0.15, 0.2) is 0 Å². The zero-order valence-electron chi connectivity index (χ0n) is 26.8. The van der Waals surface area contributed by atoms with Gasteiger partial charge >= 0.3 is 0 Å². The molecule has 0 bridgehead atoms. The van der Waals surface area contributed by atoms with Crippen LogP contribution in [0.15, 0.2) is 164 Å². The van der Waals surface area contributed by atoms with Gasteiger partial charge in [0.1, 0.15) is 0 Å². The van der Waals surface area contributed by atoms with E-state index in [9.17, 15) is 0 Å². The summed E-state index contributed by atoms with van der Waals surface area (Å²) in [5, 5.41) is 10.1. The van der Waals surface area contributed by atoms with Crippen LogP contribution in [0.25, 0.3) is 94.2 Å². The normalized spacial score (nSPS) is 11.9. The van der Waals surface area contributed by atoms with Crippen LogP contribution < -0.4 is 0 Å². The van der Waals surface area contributed by atoms with Crippen LogP contribution in [0.5, 0.6) is 0 Å². The molecule has 1 heterocycles. The second-order valence-corrected chi connectivity index (χ2v) is 12.4. The SMILES string of the molecule is C=Cc1ccc2c(c1/C=C\C)c1c3ccccc3ccc1n2-c1cccc(-c2c3ccccc3c(-c3ccccc3)c3ccccc23)c1. The van der Waals surface area contributed by atoms with E-state index in [1.165, 1.54) is 81.9 Å². The summed E-state index contributed by atoms with van der Waals surface area (Å²) < 4.78 is 2.45. The van der Waals surface area contributed by atoms with Gasteiger partial charge < -0.3 is 4.57 Å². The summed E-state index contributed by atoms with van der Waals surface area (Å²) in [5.41, 5.74) is 10.8. The molecular formula is C47H33N.